The normalized spacial score (nSPS) is 12.3. The van der Waals surface area contributed by atoms with E-state index in [-0.39, 0.29) is 23.0 Å². The molecule has 34 heavy (non-hydrogen) atoms. The third-order valence-corrected chi connectivity index (χ3v) is 5.42. The minimum absolute atomic E-state index is 0.0673. The molecule has 0 unspecified atom stereocenters. The average molecular weight is 467 g/mol. The summed E-state index contributed by atoms with van der Waals surface area (Å²) in [4.78, 5) is 62.2. The molecule has 0 spiro atoms. The predicted molar refractivity (Wildman–Crippen MR) is 131 cm³/mol. The zero-order valence-electron chi connectivity index (χ0n) is 19.7. The van der Waals surface area contributed by atoms with Crippen LogP contribution >= 0.6 is 0 Å². The van der Waals surface area contributed by atoms with E-state index in [2.05, 4.69) is 15.0 Å². The molecule has 0 aliphatic rings. The number of nitrogens with two attached hydrogens (primary N) is 2. The highest BCUT2D eigenvalue weighted by molar-refractivity contribution is 6.02. The van der Waals surface area contributed by atoms with Crippen LogP contribution in [-0.2, 0) is 28.2 Å². The number of hydrogen-bond donors (Lipinski definition) is 2. The molecular weight excluding hydrogens is 442 g/mol. The van der Waals surface area contributed by atoms with E-state index in [0.29, 0.717) is 22.8 Å². The third kappa shape index (κ3) is 3.98. The van der Waals surface area contributed by atoms with Crippen LogP contribution in [0.5, 0.6) is 0 Å². The van der Waals surface area contributed by atoms with Crippen LogP contribution in [0.15, 0.2) is 47.4 Å². The number of pyridine rings is 1. The molecule has 13 heteroatoms. The highest BCUT2D eigenvalue weighted by Crippen LogP contribution is 2.17. The Hall–Kier alpha value is -4.55. The van der Waals surface area contributed by atoms with Gasteiger partial charge >= 0.3 is 11.4 Å². The van der Waals surface area contributed by atoms with Crippen molar-refractivity contribution in [3.8, 4) is 0 Å². The maximum absolute atomic E-state index is 12.5. The van der Waals surface area contributed by atoms with Gasteiger partial charge in [0.05, 0.1) is 22.8 Å². The van der Waals surface area contributed by atoms with Crippen molar-refractivity contribution in [3.05, 3.63) is 71.3 Å². The first-order valence-electron chi connectivity index (χ1n) is 10.1. The zero-order chi connectivity index (χ0) is 25.5. The SMILES string of the molecule is CC(=Nc1c(N)n(C)c(=O)n(C)c1=O)c1cccc(C(C)=Nc2c(N)n(C)c(=O)n(C)c2=O)n1. The first-order valence-corrected chi connectivity index (χ1v) is 10.1. The highest BCUT2D eigenvalue weighted by atomic mass is 16.2. The first-order chi connectivity index (χ1) is 15.9. The number of rotatable bonds is 4. The maximum Gasteiger partial charge on any atom is 0.332 e. The molecule has 3 aromatic rings. The fourth-order valence-electron chi connectivity index (χ4n) is 3.18. The lowest BCUT2D eigenvalue weighted by molar-refractivity contribution is 0.695. The Bertz CT molecular complexity index is 1500. The Balaban J connectivity index is 2.11. The molecule has 0 aliphatic heterocycles. The summed E-state index contributed by atoms with van der Waals surface area (Å²) in [6.07, 6.45) is 0. The second-order valence-corrected chi connectivity index (χ2v) is 7.68. The van der Waals surface area contributed by atoms with Crippen molar-refractivity contribution in [1.29, 1.82) is 0 Å². The second kappa shape index (κ2) is 8.77. The zero-order valence-corrected chi connectivity index (χ0v) is 19.7. The van der Waals surface area contributed by atoms with Gasteiger partial charge in [0.2, 0.25) is 0 Å². The molecular formula is C21H25N9O4. The van der Waals surface area contributed by atoms with Crippen LogP contribution in [0.4, 0.5) is 23.0 Å². The summed E-state index contributed by atoms with van der Waals surface area (Å²) in [5.41, 5.74) is 10.9. The van der Waals surface area contributed by atoms with Gasteiger partial charge in [-0.15, -0.1) is 0 Å². The fraction of sp³-hybridized carbons (Fsp3) is 0.286. The summed E-state index contributed by atoms with van der Waals surface area (Å²) < 4.78 is 4.10. The van der Waals surface area contributed by atoms with Crippen LogP contribution in [0.3, 0.4) is 0 Å². The maximum atomic E-state index is 12.5. The highest BCUT2D eigenvalue weighted by Gasteiger charge is 2.15. The third-order valence-electron chi connectivity index (χ3n) is 5.42. The Kier molecular flexibility index (Phi) is 6.21. The topological polar surface area (TPSA) is 178 Å². The van der Waals surface area contributed by atoms with Crippen molar-refractivity contribution in [2.24, 2.45) is 38.2 Å². The number of aliphatic imine (C=N–C) groups is 2. The molecule has 0 saturated carbocycles. The van der Waals surface area contributed by atoms with E-state index in [1.807, 2.05) is 0 Å². The molecule has 0 radical (unpaired) electrons. The number of hydrogen-bond acceptors (Lipinski definition) is 9. The summed E-state index contributed by atoms with van der Waals surface area (Å²) in [6, 6.07) is 5.07. The molecule has 0 aromatic carbocycles. The molecule has 178 valence electrons. The van der Waals surface area contributed by atoms with Crippen LogP contribution < -0.4 is 34.0 Å². The van der Waals surface area contributed by atoms with Gasteiger partial charge < -0.3 is 11.5 Å². The van der Waals surface area contributed by atoms with Gasteiger partial charge in [-0.25, -0.2) is 24.6 Å². The smallest absolute Gasteiger partial charge is 0.332 e. The molecule has 0 aliphatic carbocycles. The van der Waals surface area contributed by atoms with E-state index in [9.17, 15) is 19.2 Å². The minimum atomic E-state index is -0.630. The van der Waals surface area contributed by atoms with Crippen molar-refractivity contribution in [3.63, 3.8) is 0 Å². The lowest BCUT2D eigenvalue weighted by Crippen LogP contribution is -2.38. The van der Waals surface area contributed by atoms with E-state index in [1.165, 1.54) is 28.2 Å². The van der Waals surface area contributed by atoms with Gasteiger partial charge in [-0.3, -0.25) is 27.9 Å². The van der Waals surface area contributed by atoms with Gasteiger partial charge in [0, 0.05) is 28.2 Å². The van der Waals surface area contributed by atoms with Crippen LogP contribution in [0.2, 0.25) is 0 Å². The summed E-state index contributed by atoms with van der Waals surface area (Å²) in [7, 11) is 5.57. The van der Waals surface area contributed by atoms with E-state index in [0.717, 1.165) is 18.3 Å². The van der Waals surface area contributed by atoms with E-state index < -0.39 is 22.5 Å². The van der Waals surface area contributed by atoms with E-state index in [1.54, 1.807) is 32.0 Å². The molecule has 3 aromatic heterocycles. The van der Waals surface area contributed by atoms with Gasteiger partial charge in [0.25, 0.3) is 11.1 Å². The Labute approximate surface area is 193 Å². The quantitative estimate of drug-likeness (QED) is 0.477. The van der Waals surface area contributed by atoms with Crippen molar-refractivity contribution in [2.45, 2.75) is 13.8 Å². The van der Waals surface area contributed by atoms with Gasteiger partial charge in [0.15, 0.2) is 11.4 Å². The summed E-state index contributed by atoms with van der Waals surface area (Å²) in [6.45, 7) is 3.28. The fourth-order valence-corrected chi connectivity index (χ4v) is 3.18. The minimum Gasteiger partial charge on any atom is -0.383 e. The lowest BCUT2D eigenvalue weighted by Gasteiger charge is -2.10. The molecule has 3 heterocycles. The van der Waals surface area contributed by atoms with E-state index >= 15 is 0 Å². The molecule has 0 saturated heterocycles. The Morgan fingerprint density at radius 2 is 1.06 bits per heavy atom. The number of aromatic nitrogens is 5. The molecule has 0 amide bonds. The van der Waals surface area contributed by atoms with Crippen molar-refractivity contribution in [1.82, 2.24) is 23.3 Å². The van der Waals surface area contributed by atoms with Gasteiger partial charge in [-0.1, -0.05) is 6.07 Å². The molecule has 0 fully saturated rings. The monoisotopic (exact) mass is 467 g/mol. The van der Waals surface area contributed by atoms with Crippen LogP contribution in [0.25, 0.3) is 0 Å². The standard InChI is InChI=1S/C21H25N9O4/c1-10(24-14-16(22)27(3)20(33)29(5)18(14)31)12-8-7-9-13(26-12)11(2)25-15-17(23)28(4)21(34)30(6)19(15)32/h7-9H,22-23H2,1-6H3. The average Bonchev–Trinajstić information content (AvgIpc) is 2.84. The summed E-state index contributed by atoms with van der Waals surface area (Å²) in [5.74, 6) is -0.135. The number of nitrogen functional groups attached to an aromatic ring is 2. The summed E-state index contributed by atoms with van der Waals surface area (Å²) in [5, 5.41) is 0. The molecule has 0 bridgehead atoms. The van der Waals surface area contributed by atoms with Crippen LogP contribution in [-0.4, -0.2) is 34.7 Å². The molecule has 4 N–H and O–H groups in total. The number of anilines is 2. The largest absolute Gasteiger partial charge is 0.383 e. The Morgan fingerprint density at radius 3 is 1.41 bits per heavy atom. The predicted octanol–water partition coefficient (Wildman–Crippen LogP) is -0.678. The molecule has 3 rings (SSSR count). The lowest BCUT2D eigenvalue weighted by atomic mass is 10.2. The summed E-state index contributed by atoms with van der Waals surface area (Å²) >= 11 is 0. The number of nitrogens with zero attached hydrogens (tertiary/aromatic N) is 7. The van der Waals surface area contributed by atoms with Crippen LogP contribution in [0.1, 0.15) is 25.2 Å². The van der Waals surface area contributed by atoms with Crippen molar-refractivity contribution < 1.29 is 0 Å². The van der Waals surface area contributed by atoms with E-state index in [4.69, 9.17) is 11.5 Å². The van der Waals surface area contributed by atoms with Crippen molar-refractivity contribution >= 4 is 34.4 Å². The molecule has 13 nitrogen and oxygen atoms in total. The second-order valence-electron chi connectivity index (χ2n) is 7.68. The molecule has 0 atom stereocenters. The van der Waals surface area contributed by atoms with Gasteiger partial charge in [-0.2, -0.15) is 0 Å². The van der Waals surface area contributed by atoms with Gasteiger partial charge in [0.1, 0.15) is 11.6 Å². The first kappa shape index (κ1) is 24.1. The van der Waals surface area contributed by atoms with Crippen LogP contribution in [0, 0.1) is 0 Å². The van der Waals surface area contributed by atoms with Crippen molar-refractivity contribution in [2.75, 3.05) is 11.5 Å². The Morgan fingerprint density at radius 1 is 0.706 bits per heavy atom. The van der Waals surface area contributed by atoms with Gasteiger partial charge in [-0.05, 0) is 26.0 Å².